The Morgan fingerprint density at radius 3 is 2.76 bits per heavy atom. The number of likely N-dealkylation sites (N-methyl/N-ethyl adjacent to an activating group) is 1. The maximum atomic E-state index is 13.3. The molecule has 0 bridgehead atoms. The minimum absolute atomic E-state index is 0.0109. The zero-order valence-corrected chi connectivity index (χ0v) is 23.2. The van der Waals surface area contributed by atoms with Crippen molar-refractivity contribution in [3.8, 4) is 0 Å². The number of hydrogen-bond donors (Lipinski definition) is 3. The fraction of sp³-hybridized carbons (Fsp3) is 0.481. The Kier molecular flexibility index (Phi) is 7.85. The number of benzene rings is 1. The first-order valence-electron chi connectivity index (χ1n) is 12.9. The molecule has 38 heavy (non-hydrogen) atoms. The van der Waals surface area contributed by atoms with Crippen LogP contribution in [0.1, 0.15) is 57.0 Å². The van der Waals surface area contributed by atoms with Gasteiger partial charge in [0.1, 0.15) is 11.8 Å². The summed E-state index contributed by atoms with van der Waals surface area (Å²) in [6.45, 7) is 3.43. The molecular weight excluding hydrogens is 526 g/mol. The highest BCUT2D eigenvalue weighted by molar-refractivity contribution is 7.13. The molecule has 0 radical (unpaired) electrons. The van der Waals surface area contributed by atoms with Crippen LogP contribution in [0.2, 0.25) is 5.02 Å². The van der Waals surface area contributed by atoms with Gasteiger partial charge in [-0.05, 0) is 57.5 Å². The van der Waals surface area contributed by atoms with E-state index in [1.807, 2.05) is 6.07 Å². The summed E-state index contributed by atoms with van der Waals surface area (Å²) in [5, 5.41) is 8.04. The molecule has 2 aromatic heterocycles. The highest BCUT2D eigenvalue weighted by atomic mass is 35.5. The van der Waals surface area contributed by atoms with Gasteiger partial charge in [0, 0.05) is 59.4 Å². The molecular formula is C27H32ClN5O4S. The average molecular weight is 558 g/mol. The number of rotatable bonds is 7. The van der Waals surface area contributed by atoms with E-state index < -0.39 is 12.1 Å². The van der Waals surface area contributed by atoms with E-state index in [4.69, 9.17) is 16.3 Å². The summed E-state index contributed by atoms with van der Waals surface area (Å²) in [6, 6.07) is 6.38. The number of Topliss-reactive ketones (excluding diaryl/α,β-unsaturated/α-hetero) is 1. The molecule has 9 nitrogen and oxygen atoms in total. The molecule has 3 N–H and O–H groups in total. The average Bonchev–Trinajstić information content (AvgIpc) is 3.52. The van der Waals surface area contributed by atoms with E-state index in [9.17, 15) is 14.4 Å². The third-order valence-electron chi connectivity index (χ3n) is 7.58. The van der Waals surface area contributed by atoms with Crippen molar-refractivity contribution in [2.75, 3.05) is 20.7 Å². The molecule has 1 fully saturated rings. The van der Waals surface area contributed by atoms with Crippen LogP contribution in [0.25, 0.3) is 10.9 Å². The second kappa shape index (κ2) is 11.1. The van der Waals surface area contributed by atoms with Crippen molar-refractivity contribution in [3.05, 3.63) is 50.6 Å². The van der Waals surface area contributed by atoms with E-state index in [0.29, 0.717) is 35.0 Å². The largest absolute Gasteiger partial charge is 0.374 e. The maximum absolute atomic E-state index is 13.3. The van der Waals surface area contributed by atoms with Crippen LogP contribution in [0.15, 0.2) is 24.3 Å². The number of thiazole rings is 1. The first-order chi connectivity index (χ1) is 18.2. The zero-order chi connectivity index (χ0) is 27.0. The lowest BCUT2D eigenvalue weighted by atomic mass is 9.79. The van der Waals surface area contributed by atoms with Crippen LogP contribution in [0.3, 0.4) is 0 Å². The van der Waals surface area contributed by atoms with E-state index in [2.05, 4.69) is 32.5 Å². The Morgan fingerprint density at radius 2 is 1.97 bits per heavy atom. The summed E-state index contributed by atoms with van der Waals surface area (Å²) in [6.07, 6.45) is 1.86. The maximum Gasteiger partial charge on any atom is 0.280 e. The molecule has 1 aliphatic carbocycles. The summed E-state index contributed by atoms with van der Waals surface area (Å²) in [5.41, 5.74) is 2.20. The second-order valence-corrected chi connectivity index (χ2v) is 11.8. The van der Waals surface area contributed by atoms with E-state index in [1.54, 1.807) is 25.1 Å². The number of aromatic amines is 1. The van der Waals surface area contributed by atoms with Crippen LogP contribution in [0.4, 0.5) is 0 Å². The zero-order valence-electron chi connectivity index (χ0n) is 21.7. The Labute approximate surface area is 230 Å². The minimum atomic E-state index is -0.525. The lowest BCUT2D eigenvalue weighted by molar-refractivity contribution is -0.133. The van der Waals surface area contributed by atoms with Crippen molar-refractivity contribution < 1.29 is 19.1 Å². The summed E-state index contributed by atoms with van der Waals surface area (Å²) in [5.74, 6) is -0.803. The van der Waals surface area contributed by atoms with Gasteiger partial charge in [-0.15, -0.1) is 11.3 Å². The van der Waals surface area contributed by atoms with Crippen LogP contribution in [-0.2, 0) is 22.5 Å². The molecule has 0 spiro atoms. The number of fused-ring (bicyclic) bond motifs is 2. The molecule has 4 atom stereocenters. The summed E-state index contributed by atoms with van der Waals surface area (Å²) in [7, 11) is 3.57. The van der Waals surface area contributed by atoms with Gasteiger partial charge in [0.2, 0.25) is 0 Å². The summed E-state index contributed by atoms with van der Waals surface area (Å²) >= 11 is 7.51. The van der Waals surface area contributed by atoms with Crippen LogP contribution < -0.4 is 10.6 Å². The van der Waals surface area contributed by atoms with Gasteiger partial charge in [-0.2, -0.15) is 0 Å². The monoisotopic (exact) mass is 557 g/mol. The topological polar surface area (TPSA) is 116 Å². The fourth-order valence-corrected chi connectivity index (χ4v) is 6.60. The molecule has 1 saturated carbocycles. The Morgan fingerprint density at radius 1 is 1.18 bits per heavy atom. The number of aromatic nitrogens is 2. The van der Waals surface area contributed by atoms with Gasteiger partial charge in [-0.25, -0.2) is 4.98 Å². The van der Waals surface area contributed by atoms with Crippen molar-refractivity contribution in [2.45, 2.75) is 57.3 Å². The number of carbonyl (C=O) groups is 3. The Bertz CT molecular complexity index is 1370. The third-order valence-corrected chi connectivity index (χ3v) is 8.90. The lowest BCUT2D eigenvalue weighted by Gasteiger charge is -2.36. The molecule has 1 aliphatic heterocycles. The normalized spacial score (nSPS) is 22.6. The van der Waals surface area contributed by atoms with Crippen molar-refractivity contribution >= 4 is 51.4 Å². The summed E-state index contributed by atoms with van der Waals surface area (Å²) in [4.78, 5) is 50.5. The number of nitrogens with zero attached hydrogens (tertiary/aromatic N) is 2. The predicted octanol–water partition coefficient (Wildman–Crippen LogP) is 3.57. The fourth-order valence-electron chi connectivity index (χ4n) is 5.33. The number of amides is 2. The molecule has 3 aromatic rings. The van der Waals surface area contributed by atoms with Gasteiger partial charge in [-0.1, -0.05) is 11.6 Å². The molecule has 202 valence electrons. The predicted molar refractivity (Wildman–Crippen MR) is 147 cm³/mol. The first kappa shape index (κ1) is 26.8. The van der Waals surface area contributed by atoms with Crippen molar-refractivity contribution in [1.82, 2.24) is 25.5 Å². The molecule has 1 unspecified atom stereocenters. The highest BCUT2D eigenvalue weighted by Gasteiger charge is 2.38. The summed E-state index contributed by atoms with van der Waals surface area (Å²) < 4.78 is 5.26. The quantitative estimate of drug-likeness (QED) is 0.409. The van der Waals surface area contributed by atoms with Gasteiger partial charge in [0.15, 0.2) is 10.8 Å². The van der Waals surface area contributed by atoms with Gasteiger partial charge in [0.25, 0.3) is 11.8 Å². The molecule has 2 amide bonds. The number of ketones is 1. The number of halogens is 1. The van der Waals surface area contributed by atoms with Gasteiger partial charge in [-0.3, -0.25) is 14.4 Å². The van der Waals surface area contributed by atoms with E-state index in [1.165, 1.54) is 18.4 Å². The smallest absolute Gasteiger partial charge is 0.280 e. The molecule has 1 aromatic carbocycles. The molecule has 3 heterocycles. The number of carbonyl (C=O) groups excluding carboxylic acids is 3. The second-order valence-electron chi connectivity index (χ2n) is 10.2. The Hall–Kier alpha value is -2.79. The number of methoxy groups -OCH3 is 1. The molecule has 5 rings (SSSR count). The van der Waals surface area contributed by atoms with Crippen molar-refractivity contribution in [2.24, 2.45) is 5.92 Å². The lowest BCUT2D eigenvalue weighted by Crippen LogP contribution is -2.55. The van der Waals surface area contributed by atoms with E-state index in [0.717, 1.165) is 41.0 Å². The minimum Gasteiger partial charge on any atom is -0.374 e. The third kappa shape index (κ3) is 5.63. The van der Waals surface area contributed by atoms with E-state index in [-0.39, 0.29) is 29.6 Å². The number of nitrogens with one attached hydrogen (secondary N) is 3. The standard InChI is InChI=1S/C27H32ClN5O4S/c1-14(37-3)24(34)15-4-6-19(30-25(35)22-12-16-10-17(28)5-7-18(16)29-22)21(11-15)31-26(36)27-32-20-8-9-33(2)13-23(20)38-27/h5,7,10,12,14-15,19,21,29H,4,6,8-9,11,13H2,1-3H3,(H,30,35)(H,31,36)/t14?,15-,19-,21+/m0/s1. The molecule has 11 heteroatoms. The number of ether oxygens (including phenoxy) is 1. The molecule has 0 saturated heterocycles. The first-order valence-corrected chi connectivity index (χ1v) is 14.0. The van der Waals surface area contributed by atoms with Crippen LogP contribution in [-0.4, -0.2) is 71.4 Å². The van der Waals surface area contributed by atoms with Crippen LogP contribution in [0.5, 0.6) is 0 Å². The Balaban J connectivity index is 1.34. The number of hydrogen-bond acceptors (Lipinski definition) is 7. The number of H-pyrrole nitrogens is 1. The van der Waals surface area contributed by atoms with Gasteiger partial charge in [0.05, 0.1) is 11.7 Å². The van der Waals surface area contributed by atoms with Crippen molar-refractivity contribution in [1.29, 1.82) is 0 Å². The van der Waals surface area contributed by atoms with Gasteiger partial charge >= 0.3 is 0 Å². The molecule has 2 aliphatic rings. The SMILES string of the molecule is COC(C)C(=O)[C@H]1CC[C@H](NC(=O)c2cc3cc(Cl)ccc3[nH]2)[C@H](NC(=O)c2nc3c(s2)CN(C)CC3)C1. The van der Waals surface area contributed by atoms with Gasteiger partial charge < -0.3 is 25.3 Å². The van der Waals surface area contributed by atoms with Crippen LogP contribution in [0, 0.1) is 5.92 Å². The van der Waals surface area contributed by atoms with Crippen LogP contribution >= 0.6 is 22.9 Å². The van der Waals surface area contributed by atoms with E-state index >= 15 is 0 Å². The highest BCUT2D eigenvalue weighted by Crippen LogP contribution is 2.29. The van der Waals surface area contributed by atoms with Crippen molar-refractivity contribution in [3.63, 3.8) is 0 Å².